The Labute approximate surface area is 49.9 Å². The zero-order chi connectivity index (χ0) is 6.41. The minimum Gasteiger partial charge on any atom is -0.502 e. The van der Waals surface area contributed by atoms with Gasteiger partial charge in [0.15, 0.2) is 0 Å². The number of hydrogen-bond donors (Lipinski definition) is 0. The van der Waals surface area contributed by atoms with Crippen LogP contribution in [-0.2, 0) is 4.74 Å². The highest BCUT2D eigenvalue weighted by Crippen LogP contribution is 1.98. The van der Waals surface area contributed by atoms with Crippen LogP contribution >= 0.6 is 0 Å². The minimum atomic E-state index is 0.872. The molecule has 0 amide bonds. The van der Waals surface area contributed by atoms with Crippen LogP contribution in [0.25, 0.3) is 0 Å². The molecule has 0 spiro atoms. The van der Waals surface area contributed by atoms with Crippen molar-refractivity contribution in [3.8, 4) is 0 Å². The Morgan fingerprint density at radius 1 is 1.88 bits per heavy atom. The van der Waals surface area contributed by atoms with Gasteiger partial charge in [0.1, 0.15) is 6.26 Å². The highest BCUT2D eigenvalue weighted by Gasteiger charge is 1.83. The van der Waals surface area contributed by atoms with Gasteiger partial charge in [0.25, 0.3) is 0 Å². The number of methoxy groups -OCH3 is 1. The van der Waals surface area contributed by atoms with Gasteiger partial charge in [-0.05, 0) is 13.1 Å². The van der Waals surface area contributed by atoms with E-state index in [-0.39, 0.29) is 0 Å². The molecule has 0 saturated carbocycles. The predicted molar refractivity (Wildman–Crippen MR) is 34.9 cm³/mol. The maximum absolute atomic E-state index is 4.69. The molecule has 0 fully saturated rings. The molecule has 0 aliphatic heterocycles. The maximum Gasteiger partial charge on any atom is 0.104 e. The van der Waals surface area contributed by atoms with Crippen molar-refractivity contribution in [1.82, 2.24) is 0 Å². The van der Waals surface area contributed by atoms with E-state index in [0.29, 0.717) is 0 Å². The Kier molecular flexibility index (Phi) is 3.94. The normalized spacial score (nSPS) is 11.0. The van der Waals surface area contributed by atoms with Gasteiger partial charge < -0.3 is 4.74 Å². The maximum atomic E-state index is 4.69. The van der Waals surface area contributed by atoms with Gasteiger partial charge >= 0.3 is 0 Å². The van der Waals surface area contributed by atoms with E-state index in [2.05, 4.69) is 16.4 Å². The van der Waals surface area contributed by atoms with E-state index >= 15 is 0 Å². The number of nitrogens with zero attached hydrogens (tertiary/aromatic N) is 1. The van der Waals surface area contributed by atoms with E-state index in [9.17, 15) is 0 Å². The van der Waals surface area contributed by atoms with Crippen molar-refractivity contribution < 1.29 is 4.74 Å². The number of aliphatic imine (C=N–C) groups is 1. The van der Waals surface area contributed by atoms with Crippen molar-refractivity contribution >= 4 is 6.72 Å². The first-order valence-electron chi connectivity index (χ1n) is 2.53. The van der Waals surface area contributed by atoms with Gasteiger partial charge in [-0.1, -0.05) is 6.92 Å². The fourth-order valence-electron chi connectivity index (χ4n) is 0.368. The second-order valence-corrected chi connectivity index (χ2v) is 1.36. The van der Waals surface area contributed by atoms with E-state index < -0.39 is 0 Å². The largest absolute Gasteiger partial charge is 0.502 e. The lowest BCUT2D eigenvalue weighted by Crippen LogP contribution is -1.75. The van der Waals surface area contributed by atoms with E-state index in [4.69, 9.17) is 0 Å². The van der Waals surface area contributed by atoms with Crippen LogP contribution < -0.4 is 0 Å². The highest BCUT2D eigenvalue weighted by molar-refractivity contribution is 5.28. The van der Waals surface area contributed by atoms with Crippen LogP contribution in [0, 0.1) is 0 Å². The zero-order valence-electron chi connectivity index (χ0n) is 5.35. The molecule has 0 heterocycles. The first kappa shape index (κ1) is 7.21. The van der Waals surface area contributed by atoms with Crippen LogP contribution in [0.15, 0.2) is 17.0 Å². The summed E-state index contributed by atoms with van der Waals surface area (Å²) in [5, 5.41) is 0. The fraction of sp³-hybridized carbons (Fsp3) is 0.500. The second kappa shape index (κ2) is 4.37. The summed E-state index contributed by atoms with van der Waals surface area (Å²) in [6.45, 7) is 5.35. The summed E-state index contributed by atoms with van der Waals surface area (Å²) in [5.41, 5.74) is 0.882. The smallest absolute Gasteiger partial charge is 0.104 e. The highest BCUT2D eigenvalue weighted by atomic mass is 16.5. The topological polar surface area (TPSA) is 21.6 Å². The summed E-state index contributed by atoms with van der Waals surface area (Å²) < 4.78 is 4.69. The standard InChI is InChI=1S/C6H11NO/c1-4-6(7-2)5-8-3/h5H,2,4H2,1,3H3. The van der Waals surface area contributed by atoms with Crippen LogP contribution in [-0.4, -0.2) is 13.8 Å². The van der Waals surface area contributed by atoms with E-state index in [1.807, 2.05) is 6.92 Å². The lowest BCUT2D eigenvalue weighted by Gasteiger charge is -1.92. The van der Waals surface area contributed by atoms with Crippen LogP contribution in [0.5, 0.6) is 0 Å². The molecule has 8 heavy (non-hydrogen) atoms. The Balaban J connectivity index is 3.66. The SMILES string of the molecule is C=NC(=COC)CC. The van der Waals surface area contributed by atoms with Gasteiger partial charge in [0.05, 0.1) is 12.8 Å². The molecular formula is C6H11NO. The van der Waals surface area contributed by atoms with E-state index in [0.717, 1.165) is 12.1 Å². The Bertz CT molecular complexity index is 96.7. The molecule has 0 rings (SSSR count). The van der Waals surface area contributed by atoms with Crippen LogP contribution in [0.2, 0.25) is 0 Å². The first-order valence-corrected chi connectivity index (χ1v) is 2.53. The van der Waals surface area contributed by atoms with Crippen LogP contribution in [0.3, 0.4) is 0 Å². The molecule has 0 N–H and O–H groups in total. The van der Waals surface area contributed by atoms with Crippen molar-refractivity contribution in [2.45, 2.75) is 13.3 Å². The average Bonchev–Trinajstić information content (AvgIpc) is 1.83. The van der Waals surface area contributed by atoms with E-state index in [1.165, 1.54) is 0 Å². The molecule has 46 valence electrons. The number of ether oxygens (including phenoxy) is 1. The summed E-state index contributed by atoms with van der Waals surface area (Å²) in [4.78, 5) is 3.68. The number of hydrogen-bond acceptors (Lipinski definition) is 2. The molecule has 0 unspecified atom stereocenters. The summed E-state index contributed by atoms with van der Waals surface area (Å²) in [6.07, 6.45) is 2.46. The average molecular weight is 113 g/mol. The third-order valence-corrected chi connectivity index (χ3v) is 0.819. The van der Waals surface area contributed by atoms with Crippen LogP contribution in [0.1, 0.15) is 13.3 Å². The quantitative estimate of drug-likeness (QED) is 0.402. The van der Waals surface area contributed by atoms with Gasteiger partial charge in [-0.2, -0.15) is 0 Å². The van der Waals surface area contributed by atoms with Gasteiger partial charge in [0.2, 0.25) is 0 Å². The lowest BCUT2D eigenvalue weighted by atomic mass is 10.4. The van der Waals surface area contributed by atoms with Gasteiger partial charge in [-0.3, -0.25) is 4.99 Å². The fourth-order valence-corrected chi connectivity index (χ4v) is 0.368. The van der Waals surface area contributed by atoms with Crippen molar-refractivity contribution in [3.63, 3.8) is 0 Å². The zero-order valence-corrected chi connectivity index (χ0v) is 5.35. The molecule has 2 nitrogen and oxygen atoms in total. The lowest BCUT2D eigenvalue weighted by molar-refractivity contribution is 0.332. The molecule has 0 atom stereocenters. The molecule has 0 aromatic carbocycles. The van der Waals surface area contributed by atoms with Crippen LogP contribution in [0.4, 0.5) is 0 Å². The summed E-state index contributed by atoms with van der Waals surface area (Å²) >= 11 is 0. The monoisotopic (exact) mass is 113 g/mol. The van der Waals surface area contributed by atoms with Crippen molar-refractivity contribution in [3.05, 3.63) is 12.0 Å². The molecule has 0 aliphatic carbocycles. The molecule has 0 aromatic heterocycles. The third-order valence-electron chi connectivity index (χ3n) is 0.819. The third kappa shape index (κ3) is 2.39. The van der Waals surface area contributed by atoms with Gasteiger partial charge in [0, 0.05) is 0 Å². The molecule has 0 aromatic rings. The summed E-state index contributed by atoms with van der Waals surface area (Å²) in [7, 11) is 1.60. The van der Waals surface area contributed by atoms with Crippen molar-refractivity contribution in [2.75, 3.05) is 7.11 Å². The molecule has 0 bridgehead atoms. The molecule has 0 aliphatic rings. The molecule has 2 heteroatoms. The Morgan fingerprint density at radius 2 is 2.50 bits per heavy atom. The number of allylic oxidation sites excluding steroid dienone is 1. The van der Waals surface area contributed by atoms with Gasteiger partial charge in [-0.25, -0.2) is 0 Å². The van der Waals surface area contributed by atoms with E-state index in [1.54, 1.807) is 13.4 Å². The summed E-state index contributed by atoms with van der Waals surface area (Å²) in [6, 6.07) is 0. The van der Waals surface area contributed by atoms with Gasteiger partial charge in [-0.15, -0.1) is 0 Å². The van der Waals surface area contributed by atoms with Crippen molar-refractivity contribution in [2.24, 2.45) is 4.99 Å². The second-order valence-electron chi connectivity index (χ2n) is 1.36. The Hall–Kier alpha value is -0.790. The minimum absolute atomic E-state index is 0.872. The Morgan fingerprint density at radius 3 is 2.62 bits per heavy atom. The molecule has 0 saturated heterocycles. The number of rotatable bonds is 3. The molecular weight excluding hydrogens is 102 g/mol. The first-order chi connectivity index (χ1) is 3.85. The molecule has 0 radical (unpaired) electrons. The summed E-state index contributed by atoms with van der Waals surface area (Å²) in [5.74, 6) is 0. The predicted octanol–water partition coefficient (Wildman–Crippen LogP) is 1.58. The van der Waals surface area contributed by atoms with Crippen molar-refractivity contribution in [1.29, 1.82) is 0 Å².